The van der Waals surface area contributed by atoms with Crippen molar-refractivity contribution in [2.24, 2.45) is 17.8 Å². The van der Waals surface area contributed by atoms with Gasteiger partial charge in [0.15, 0.2) is 0 Å². The Balaban J connectivity index is 1.38. The average molecular weight is 502 g/mol. The summed E-state index contributed by atoms with van der Waals surface area (Å²) < 4.78 is 12.5. The van der Waals surface area contributed by atoms with E-state index in [4.69, 9.17) is 9.47 Å². The molecule has 0 spiro atoms. The van der Waals surface area contributed by atoms with Gasteiger partial charge in [-0.05, 0) is 73.6 Å². The molecule has 6 nitrogen and oxygen atoms in total. The predicted molar refractivity (Wildman–Crippen MR) is 142 cm³/mol. The maximum atomic E-state index is 13.3. The maximum Gasteiger partial charge on any atom is 0.233 e. The molecule has 2 amide bonds. The minimum absolute atomic E-state index is 0.0356. The van der Waals surface area contributed by atoms with E-state index in [1.807, 2.05) is 49.4 Å². The highest BCUT2D eigenvalue weighted by Crippen LogP contribution is 2.50. The van der Waals surface area contributed by atoms with Gasteiger partial charge >= 0.3 is 0 Å². The first kappa shape index (κ1) is 25.3. The fraction of sp³-hybridized carbons (Fsp3) is 0.419. The fourth-order valence-corrected chi connectivity index (χ4v) is 6.13. The SMILES string of the molecule is CCCN1C(=O)[C@@H]2[C@@H](CC(COc3ccccc3)=C3[C@@H](CC/C(C)=C/c4cccc(O)c4)OC[C@@H]32)C1=O. The van der Waals surface area contributed by atoms with Gasteiger partial charge in [0.05, 0.1) is 24.5 Å². The van der Waals surface area contributed by atoms with E-state index in [0.29, 0.717) is 26.2 Å². The first-order valence-electron chi connectivity index (χ1n) is 13.3. The molecule has 0 saturated carbocycles. The summed E-state index contributed by atoms with van der Waals surface area (Å²) in [6.45, 7) is 5.41. The second-order valence-corrected chi connectivity index (χ2v) is 10.4. The molecule has 2 saturated heterocycles. The first-order valence-corrected chi connectivity index (χ1v) is 13.3. The molecule has 2 aromatic rings. The van der Waals surface area contributed by atoms with E-state index in [-0.39, 0.29) is 41.4 Å². The van der Waals surface area contributed by atoms with E-state index in [0.717, 1.165) is 36.1 Å². The summed E-state index contributed by atoms with van der Waals surface area (Å²) >= 11 is 0. The van der Waals surface area contributed by atoms with Gasteiger partial charge in [-0.15, -0.1) is 0 Å². The van der Waals surface area contributed by atoms with E-state index >= 15 is 0 Å². The molecular weight excluding hydrogens is 466 g/mol. The van der Waals surface area contributed by atoms with E-state index in [2.05, 4.69) is 13.0 Å². The summed E-state index contributed by atoms with van der Waals surface area (Å²) in [7, 11) is 0. The summed E-state index contributed by atoms with van der Waals surface area (Å²) in [5.74, 6) is 0.234. The van der Waals surface area contributed by atoms with Crippen LogP contribution in [0.2, 0.25) is 0 Å². The van der Waals surface area contributed by atoms with E-state index in [1.54, 1.807) is 12.1 Å². The van der Waals surface area contributed by atoms with Crippen LogP contribution >= 0.6 is 0 Å². The number of likely N-dealkylation sites (tertiary alicyclic amines) is 1. The van der Waals surface area contributed by atoms with E-state index in [9.17, 15) is 14.7 Å². The Morgan fingerprint density at radius 2 is 1.92 bits per heavy atom. The Morgan fingerprint density at radius 3 is 2.68 bits per heavy atom. The maximum absolute atomic E-state index is 13.3. The number of fused-ring (bicyclic) bond motifs is 3. The molecule has 6 heteroatoms. The molecule has 0 bridgehead atoms. The smallest absolute Gasteiger partial charge is 0.233 e. The number of phenolic OH excluding ortho intramolecular Hbond substituents is 1. The molecule has 2 heterocycles. The summed E-state index contributed by atoms with van der Waals surface area (Å²) in [6, 6.07) is 16.9. The van der Waals surface area contributed by atoms with Gasteiger partial charge < -0.3 is 14.6 Å². The highest BCUT2D eigenvalue weighted by molar-refractivity contribution is 6.06. The summed E-state index contributed by atoms with van der Waals surface area (Å²) in [5.41, 5.74) is 4.43. The van der Waals surface area contributed by atoms with Crippen molar-refractivity contribution < 1.29 is 24.2 Å². The fourth-order valence-electron chi connectivity index (χ4n) is 6.13. The number of nitrogens with zero attached hydrogens (tertiary/aromatic N) is 1. The van der Waals surface area contributed by atoms with E-state index in [1.165, 1.54) is 16.0 Å². The van der Waals surface area contributed by atoms with Crippen LogP contribution in [0, 0.1) is 17.8 Å². The number of carbonyl (C=O) groups is 2. The lowest BCUT2D eigenvalue weighted by Crippen LogP contribution is -2.35. The minimum atomic E-state index is -0.330. The van der Waals surface area contributed by atoms with Crippen molar-refractivity contribution in [3.63, 3.8) is 0 Å². The minimum Gasteiger partial charge on any atom is -0.508 e. The quantitative estimate of drug-likeness (QED) is 0.369. The molecule has 4 atom stereocenters. The van der Waals surface area contributed by atoms with Crippen LogP contribution in [0.1, 0.15) is 45.1 Å². The third kappa shape index (κ3) is 5.21. The van der Waals surface area contributed by atoms with Crippen molar-refractivity contribution in [3.05, 3.63) is 76.9 Å². The van der Waals surface area contributed by atoms with Gasteiger partial charge in [-0.1, -0.05) is 48.9 Å². The zero-order valence-electron chi connectivity index (χ0n) is 21.6. The zero-order chi connectivity index (χ0) is 25.9. The Hall–Kier alpha value is -3.38. The van der Waals surface area contributed by atoms with Crippen molar-refractivity contribution >= 4 is 17.9 Å². The molecule has 5 rings (SSSR count). The summed E-state index contributed by atoms with van der Waals surface area (Å²) in [4.78, 5) is 28.0. The normalized spacial score (nSPS) is 25.5. The number of amides is 2. The van der Waals surface area contributed by atoms with Gasteiger partial charge in [-0.25, -0.2) is 0 Å². The van der Waals surface area contributed by atoms with Crippen LogP contribution in [-0.4, -0.2) is 47.7 Å². The number of hydrogen-bond acceptors (Lipinski definition) is 5. The molecule has 0 aromatic heterocycles. The van der Waals surface area contributed by atoms with Gasteiger partial charge in [0, 0.05) is 12.5 Å². The number of aromatic hydroxyl groups is 1. The highest BCUT2D eigenvalue weighted by atomic mass is 16.5. The van der Waals surface area contributed by atoms with Crippen LogP contribution in [0.5, 0.6) is 11.5 Å². The lowest BCUT2D eigenvalue weighted by Gasteiger charge is -2.31. The number of ether oxygens (including phenoxy) is 2. The van der Waals surface area contributed by atoms with Crippen molar-refractivity contribution in [1.82, 2.24) is 4.90 Å². The molecule has 3 aliphatic rings. The van der Waals surface area contributed by atoms with Gasteiger partial charge in [0.1, 0.15) is 18.1 Å². The van der Waals surface area contributed by atoms with Crippen LogP contribution in [0.4, 0.5) is 0 Å². The largest absolute Gasteiger partial charge is 0.508 e. The topological polar surface area (TPSA) is 76.1 Å². The average Bonchev–Trinajstić information content (AvgIpc) is 3.42. The van der Waals surface area contributed by atoms with Crippen LogP contribution in [-0.2, 0) is 14.3 Å². The highest BCUT2D eigenvalue weighted by Gasteiger charge is 2.56. The molecule has 0 unspecified atom stereocenters. The first-order chi connectivity index (χ1) is 18.0. The number of para-hydroxylation sites is 1. The van der Waals surface area contributed by atoms with E-state index < -0.39 is 0 Å². The number of phenols is 1. The molecule has 37 heavy (non-hydrogen) atoms. The number of carbonyl (C=O) groups excluding carboxylic acids is 2. The number of allylic oxidation sites excluding steroid dienone is 1. The molecule has 1 N–H and O–H groups in total. The van der Waals surface area contributed by atoms with Crippen LogP contribution in [0.3, 0.4) is 0 Å². The zero-order valence-corrected chi connectivity index (χ0v) is 21.6. The lowest BCUT2D eigenvalue weighted by molar-refractivity contribution is -0.140. The van der Waals surface area contributed by atoms with Crippen molar-refractivity contribution in [2.45, 2.75) is 45.6 Å². The third-order valence-corrected chi connectivity index (χ3v) is 7.79. The molecule has 1 aliphatic carbocycles. The van der Waals surface area contributed by atoms with Gasteiger partial charge in [-0.2, -0.15) is 0 Å². The number of imide groups is 1. The lowest BCUT2D eigenvalue weighted by atomic mass is 9.69. The number of benzene rings is 2. The Bertz CT molecular complexity index is 1220. The van der Waals surface area contributed by atoms with Gasteiger partial charge in [0.2, 0.25) is 11.8 Å². The van der Waals surface area contributed by atoms with Gasteiger partial charge in [-0.3, -0.25) is 14.5 Å². The predicted octanol–water partition coefficient (Wildman–Crippen LogP) is 5.38. The summed E-state index contributed by atoms with van der Waals surface area (Å²) in [5, 5.41) is 9.76. The number of rotatable bonds is 9. The molecular formula is C31H35NO5. The number of hydrogen-bond donors (Lipinski definition) is 1. The second kappa shape index (κ2) is 10.9. The Labute approximate surface area is 218 Å². The van der Waals surface area contributed by atoms with Crippen molar-refractivity contribution in [1.29, 1.82) is 0 Å². The monoisotopic (exact) mass is 501 g/mol. The molecule has 2 aliphatic heterocycles. The summed E-state index contributed by atoms with van der Waals surface area (Å²) in [6.07, 6.45) is 4.91. The van der Waals surface area contributed by atoms with Gasteiger partial charge in [0.25, 0.3) is 0 Å². The van der Waals surface area contributed by atoms with Crippen molar-refractivity contribution in [2.75, 3.05) is 19.8 Å². The second-order valence-electron chi connectivity index (χ2n) is 10.4. The molecule has 2 fully saturated rings. The van der Waals surface area contributed by atoms with Crippen LogP contribution in [0.25, 0.3) is 6.08 Å². The Morgan fingerprint density at radius 1 is 1.11 bits per heavy atom. The van der Waals surface area contributed by atoms with Crippen LogP contribution in [0.15, 0.2) is 71.3 Å². The Kier molecular flexibility index (Phi) is 7.47. The molecule has 194 valence electrons. The van der Waals surface area contributed by atoms with Crippen LogP contribution < -0.4 is 4.74 Å². The molecule has 0 radical (unpaired) electrons. The standard InChI is InChI=1S/C31H35NO5/c1-3-14-32-30(34)25-17-22(18-36-24-10-5-4-6-11-24)28-26(29(25)31(32)35)19-37-27(28)13-12-20(2)15-21-8-7-9-23(33)16-21/h4-11,15-16,25-27,29,33H,3,12-14,17-19H2,1-2H3/b20-15+/t25-,26+,27-,29-/m1/s1. The third-order valence-electron chi connectivity index (χ3n) is 7.79. The molecule has 2 aromatic carbocycles. The van der Waals surface area contributed by atoms with Crippen molar-refractivity contribution in [3.8, 4) is 11.5 Å².